The molecule has 0 radical (unpaired) electrons. The van der Waals surface area contributed by atoms with Crippen molar-refractivity contribution in [3.8, 4) is 16.6 Å². The number of hydrogen-bond donors (Lipinski definition) is 0. The van der Waals surface area contributed by atoms with E-state index in [1.54, 1.807) is 17.4 Å². The molecule has 150 valence electrons. The van der Waals surface area contributed by atoms with E-state index in [1.165, 1.54) is 11.3 Å². The Labute approximate surface area is 178 Å². The average molecular weight is 426 g/mol. The summed E-state index contributed by atoms with van der Waals surface area (Å²) >= 11 is 3.12. The van der Waals surface area contributed by atoms with Gasteiger partial charge < -0.3 is 9.30 Å². The number of esters is 1. The van der Waals surface area contributed by atoms with Gasteiger partial charge in [-0.05, 0) is 48.9 Å². The van der Waals surface area contributed by atoms with Gasteiger partial charge in [0.15, 0.2) is 0 Å². The highest BCUT2D eigenvalue weighted by Crippen LogP contribution is 2.26. The molecule has 0 bridgehead atoms. The quantitative estimate of drug-likeness (QED) is 0.281. The number of rotatable bonds is 7. The van der Waals surface area contributed by atoms with E-state index in [4.69, 9.17) is 4.74 Å². The van der Waals surface area contributed by atoms with Crippen molar-refractivity contribution in [1.29, 1.82) is 5.26 Å². The summed E-state index contributed by atoms with van der Waals surface area (Å²) < 4.78 is 7.54. The molecular weight excluding hydrogens is 402 g/mol. The van der Waals surface area contributed by atoms with E-state index < -0.39 is 5.97 Å². The van der Waals surface area contributed by atoms with E-state index in [0.717, 1.165) is 34.1 Å². The Hall–Kier alpha value is -2.69. The average Bonchev–Trinajstić information content (AvgIpc) is 3.41. The Morgan fingerprint density at radius 2 is 2.17 bits per heavy atom. The number of carbonyl (C=O) groups is 1. The van der Waals surface area contributed by atoms with Gasteiger partial charge in [0.2, 0.25) is 0 Å². The SMILES string of the molecule is Cc1cc(/C=C(\C#N)C(=O)OCc2csc(-c3ccsc3)n2)c(C)n1CC(C)C. The van der Waals surface area contributed by atoms with Crippen molar-refractivity contribution in [2.75, 3.05) is 0 Å². The topological polar surface area (TPSA) is 67.9 Å². The number of carbonyl (C=O) groups excluding carboxylic acids is 1. The lowest BCUT2D eigenvalue weighted by Crippen LogP contribution is -2.08. The normalized spacial score (nSPS) is 11.7. The third-order valence-corrected chi connectivity index (χ3v) is 6.10. The summed E-state index contributed by atoms with van der Waals surface area (Å²) in [6.07, 6.45) is 1.61. The maximum atomic E-state index is 12.4. The molecule has 7 heteroatoms. The zero-order valence-corrected chi connectivity index (χ0v) is 18.6. The third kappa shape index (κ3) is 5.03. The van der Waals surface area contributed by atoms with Crippen molar-refractivity contribution in [3.05, 3.63) is 56.5 Å². The molecule has 0 fully saturated rings. The summed E-state index contributed by atoms with van der Waals surface area (Å²) in [6.45, 7) is 9.30. The van der Waals surface area contributed by atoms with E-state index in [-0.39, 0.29) is 12.2 Å². The number of nitrogens with zero attached hydrogens (tertiary/aromatic N) is 3. The molecule has 0 aliphatic carbocycles. The molecule has 3 heterocycles. The van der Waals surface area contributed by atoms with Crippen LogP contribution in [-0.4, -0.2) is 15.5 Å². The number of aromatic nitrogens is 2. The van der Waals surface area contributed by atoms with Crippen LogP contribution in [0.5, 0.6) is 0 Å². The lowest BCUT2D eigenvalue weighted by Gasteiger charge is -2.12. The van der Waals surface area contributed by atoms with Crippen LogP contribution in [0.2, 0.25) is 0 Å². The zero-order chi connectivity index (χ0) is 21.0. The molecule has 0 saturated heterocycles. The summed E-state index contributed by atoms with van der Waals surface area (Å²) in [5.41, 5.74) is 4.74. The number of thiophene rings is 1. The van der Waals surface area contributed by atoms with E-state index in [9.17, 15) is 10.1 Å². The summed E-state index contributed by atoms with van der Waals surface area (Å²) in [6, 6.07) is 5.97. The second-order valence-electron chi connectivity index (χ2n) is 7.23. The number of thiazole rings is 1. The summed E-state index contributed by atoms with van der Waals surface area (Å²) in [4.78, 5) is 16.9. The van der Waals surface area contributed by atoms with Gasteiger partial charge in [-0.2, -0.15) is 16.6 Å². The minimum atomic E-state index is -0.633. The third-order valence-electron chi connectivity index (χ3n) is 4.47. The van der Waals surface area contributed by atoms with Gasteiger partial charge in [-0.25, -0.2) is 9.78 Å². The Balaban J connectivity index is 1.70. The van der Waals surface area contributed by atoms with Crippen LogP contribution >= 0.6 is 22.7 Å². The number of hydrogen-bond acceptors (Lipinski definition) is 6. The second-order valence-corrected chi connectivity index (χ2v) is 8.87. The van der Waals surface area contributed by atoms with Crippen molar-refractivity contribution in [1.82, 2.24) is 9.55 Å². The minimum Gasteiger partial charge on any atom is -0.455 e. The molecule has 0 aliphatic heterocycles. The van der Waals surface area contributed by atoms with Crippen molar-refractivity contribution < 1.29 is 9.53 Å². The van der Waals surface area contributed by atoms with Crippen LogP contribution in [-0.2, 0) is 22.7 Å². The van der Waals surface area contributed by atoms with Gasteiger partial charge in [0.05, 0.1) is 5.69 Å². The van der Waals surface area contributed by atoms with Gasteiger partial charge in [-0.15, -0.1) is 11.3 Å². The van der Waals surface area contributed by atoms with Crippen LogP contribution in [0.15, 0.2) is 33.8 Å². The molecule has 0 atom stereocenters. The highest BCUT2D eigenvalue weighted by molar-refractivity contribution is 7.14. The fourth-order valence-electron chi connectivity index (χ4n) is 3.02. The molecule has 3 rings (SSSR count). The van der Waals surface area contributed by atoms with Gasteiger partial charge in [0.1, 0.15) is 23.3 Å². The molecule has 0 N–H and O–H groups in total. The maximum absolute atomic E-state index is 12.4. The van der Waals surface area contributed by atoms with Crippen LogP contribution in [0, 0.1) is 31.1 Å². The standard InChI is InChI=1S/C22H23N3O2S2/c1-14(2)10-25-15(3)7-18(16(25)4)8-19(9-23)22(26)27-11-20-13-29-21(24-20)17-5-6-28-12-17/h5-8,12-14H,10-11H2,1-4H3/b19-8+. The molecule has 0 amide bonds. The Morgan fingerprint density at radius 1 is 1.38 bits per heavy atom. The first-order valence-electron chi connectivity index (χ1n) is 9.31. The van der Waals surface area contributed by atoms with Crippen molar-refractivity contribution in [2.24, 2.45) is 5.92 Å². The lowest BCUT2D eigenvalue weighted by atomic mass is 10.1. The predicted octanol–water partition coefficient (Wildman–Crippen LogP) is 5.60. The fourth-order valence-corrected chi connectivity index (χ4v) is 4.54. The van der Waals surface area contributed by atoms with E-state index in [0.29, 0.717) is 11.6 Å². The van der Waals surface area contributed by atoms with Crippen molar-refractivity contribution in [2.45, 2.75) is 40.8 Å². The lowest BCUT2D eigenvalue weighted by molar-refractivity contribution is -0.139. The summed E-state index contributed by atoms with van der Waals surface area (Å²) in [5, 5.41) is 16.3. The second kappa shape index (κ2) is 9.21. The summed E-state index contributed by atoms with van der Waals surface area (Å²) in [7, 11) is 0. The summed E-state index contributed by atoms with van der Waals surface area (Å²) in [5.74, 6) is -0.125. The first kappa shape index (κ1) is 21.0. The monoisotopic (exact) mass is 425 g/mol. The highest BCUT2D eigenvalue weighted by atomic mass is 32.1. The molecule has 3 aromatic rings. The fraction of sp³-hybridized carbons (Fsp3) is 0.318. The molecular formula is C22H23N3O2S2. The molecule has 3 aromatic heterocycles. The van der Waals surface area contributed by atoms with Gasteiger partial charge in [-0.1, -0.05) is 13.8 Å². The smallest absolute Gasteiger partial charge is 0.349 e. The minimum absolute atomic E-state index is 0.0110. The molecule has 0 aliphatic rings. The molecule has 0 unspecified atom stereocenters. The number of aryl methyl sites for hydroxylation is 1. The van der Waals surface area contributed by atoms with Crippen LogP contribution in [0.1, 0.15) is 36.5 Å². The van der Waals surface area contributed by atoms with E-state index in [1.807, 2.05) is 48.2 Å². The van der Waals surface area contributed by atoms with Crippen LogP contribution in [0.4, 0.5) is 0 Å². The zero-order valence-electron chi connectivity index (χ0n) is 16.9. The molecule has 0 spiro atoms. The van der Waals surface area contributed by atoms with E-state index in [2.05, 4.69) is 23.4 Å². The first-order valence-corrected chi connectivity index (χ1v) is 11.1. The Bertz CT molecular complexity index is 1070. The number of nitriles is 1. The first-order chi connectivity index (χ1) is 13.9. The van der Waals surface area contributed by atoms with E-state index >= 15 is 0 Å². The van der Waals surface area contributed by atoms with Gasteiger partial charge in [-0.3, -0.25) is 0 Å². The Kier molecular flexibility index (Phi) is 6.68. The van der Waals surface area contributed by atoms with Crippen LogP contribution in [0.3, 0.4) is 0 Å². The molecule has 0 saturated carbocycles. The Morgan fingerprint density at radius 3 is 2.83 bits per heavy atom. The van der Waals surface area contributed by atoms with Gasteiger partial charge in [0.25, 0.3) is 0 Å². The largest absolute Gasteiger partial charge is 0.455 e. The van der Waals surface area contributed by atoms with Crippen molar-refractivity contribution >= 4 is 34.7 Å². The van der Waals surface area contributed by atoms with Crippen LogP contribution < -0.4 is 0 Å². The molecule has 5 nitrogen and oxygen atoms in total. The molecule has 0 aromatic carbocycles. The predicted molar refractivity (Wildman–Crippen MR) is 118 cm³/mol. The number of ether oxygens (including phenoxy) is 1. The van der Waals surface area contributed by atoms with Gasteiger partial charge >= 0.3 is 5.97 Å². The van der Waals surface area contributed by atoms with Gasteiger partial charge in [0, 0.05) is 34.3 Å². The van der Waals surface area contributed by atoms with Crippen LogP contribution in [0.25, 0.3) is 16.6 Å². The molecule has 29 heavy (non-hydrogen) atoms. The highest BCUT2D eigenvalue weighted by Gasteiger charge is 2.15. The van der Waals surface area contributed by atoms with Crippen molar-refractivity contribution in [3.63, 3.8) is 0 Å². The maximum Gasteiger partial charge on any atom is 0.349 e.